The van der Waals surface area contributed by atoms with Gasteiger partial charge in [0.05, 0.1) is 6.10 Å². The van der Waals surface area contributed by atoms with Crippen molar-refractivity contribution in [3.8, 4) is 0 Å². The summed E-state index contributed by atoms with van der Waals surface area (Å²) >= 11 is 0. The van der Waals surface area contributed by atoms with Gasteiger partial charge < -0.3 is 15.0 Å². The third-order valence-corrected chi connectivity index (χ3v) is 4.23. The van der Waals surface area contributed by atoms with Crippen molar-refractivity contribution in [2.45, 2.75) is 44.4 Å². The van der Waals surface area contributed by atoms with Crippen LogP contribution in [0.2, 0.25) is 0 Å². The standard InChI is InChI=1S/C17H24N2O2/c20-17(13-21-16-8-10-18-11-9-16)19(15-6-7-15)12-14-4-2-1-3-5-14/h1-5,15-16,18H,6-13H2. The molecule has 1 aromatic carbocycles. The minimum atomic E-state index is 0.139. The Morgan fingerprint density at radius 2 is 1.86 bits per heavy atom. The third kappa shape index (κ3) is 4.29. The molecule has 1 amide bonds. The van der Waals surface area contributed by atoms with E-state index in [1.54, 1.807) is 0 Å². The molecule has 4 heteroatoms. The molecule has 0 bridgehead atoms. The highest BCUT2D eigenvalue weighted by Gasteiger charge is 2.32. The van der Waals surface area contributed by atoms with E-state index in [1.807, 2.05) is 23.1 Å². The van der Waals surface area contributed by atoms with Crippen LogP contribution in [-0.2, 0) is 16.1 Å². The van der Waals surface area contributed by atoms with Crippen molar-refractivity contribution < 1.29 is 9.53 Å². The van der Waals surface area contributed by atoms with Gasteiger partial charge in [0.25, 0.3) is 0 Å². The Kier molecular flexibility index (Phi) is 4.88. The first-order valence-electron chi connectivity index (χ1n) is 7.98. The van der Waals surface area contributed by atoms with Gasteiger partial charge in [0.1, 0.15) is 6.61 Å². The first-order chi connectivity index (χ1) is 10.3. The number of amides is 1. The molecule has 2 fully saturated rings. The molecule has 0 aromatic heterocycles. The van der Waals surface area contributed by atoms with Crippen LogP contribution >= 0.6 is 0 Å². The molecule has 0 spiro atoms. The number of piperidine rings is 1. The van der Waals surface area contributed by atoms with E-state index in [0.717, 1.165) is 38.8 Å². The second-order valence-corrected chi connectivity index (χ2v) is 6.00. The first-order valence-corrected chi connectivity index (χ1v) is 7.98. The number of nitrogens with zero attached hydrogens (tertiary/aromatic N) is 1. The molecule has 1 heterocycles. The zero-order valence-corrected chi connectivity index (χ0v) is 12.5. The highest BCUT2D eigenvalue weighted by molar-refractivity contribution is 5.78. The lowest BCUT2D eigenvalue weighted by atomic mass is 10.1. The van der Waals surface area contributed by atoms with Crippen LogP contribution in [0.15, 0.2) is 30.3 Å². The van der Waals surface area contributed by atoms with Crippen LogP contribution in [0.5, 0.6) is 0 Å². The number of carbonyl (C=O) groups excluding carboxylic acids is 1. The Hall–Kier alpha value is -1.39. The molecule has 1 aliphatic carbocycles. The van der Waals surface area contributed by atoms with Crippen molar-refractivity contribution in [2.75, 3.05) is 19.7 Å². The highest BCUT2D eigenvalue weighted by atomic mass is 16.5. The second-order valence-electron chi connectivity index (χ2n) is 6.00. The highest BCUT2D eigenvalue weighted by Crippen LogP contribution is 2.28. The summed E-state index contributed by atoms with van der Waals surface area (Å²) in [6, 6.07) is 10.6. The molecule has 2 aliphatic rings. The van der Waals surface area contributed by atoms with E-state index in [1.165, 1.54) is 5.56 Å². The van der Waals surface area contributed by atoms with E-state index < -0.39 is 0 Å². The second kappa shape index (κ2) is 7.05. The molecule has 1 aromatic rings. The Balaban J connectivity index is 1.52. The summed E-state index contributed by atoms with van der Waals surface area (Å²) in [4.78, 5) is 14.5. The molecular weight excluding hydrogens is 264 g/mol. The summed E-state index contributed by atoms with van der Waals surface area (Å²) in [7, 11) is 0. The maximum Gasteiger partial charge on any atom is 0.249 e. The van der Waals surface area contributed by atoms with Gasteiger partial charge in [-0.2, -0.15) is 0 Å². The summed E-state index contributed by atoms with van der Waals surface area (Å²) < 4.78 is 5.81. The summed E-state index contributed by atoms with van der Waals surface area (Å²) in [5.74, 6) is 0.139. The normalized spacial score (nSPS) is 19.4. The lowest BCUT2D eigenvalue weighted by Crippen LogP contribution is -2.38. The van der Waals surface area contributed by atoms with Gasteiger partial charge in [0.15, 0.2) is 0 Å². The van der Waals surface area contributed by atoms with Gasteiger partial charge in [-0.05, 0) is 44.3 Å². The average molecular weight is 288 g/mol. The predicted molar refractivity (Wildman–Crippen MR) is 81.9 cm³/mol. The maximum absolute atomic E-state index is 12.5. The van der Waals surface area contributed by atoms with Crippen LogP contribution in [0.4, 0.5) is 0 Å². The van der Waals surface area contributed by atoms with Gasteiger partial charge in [-0.1, -0.05) is 30.3 Å². The van der Waals surface area contributed by atoms with Gasteiger partial charge in [-0.15, -0.1) is 0 Å². The topological polar surface area (TPSA) is 41.6 Å². The van der Waals surface area contributed by atoms with Crippen molar-refractivity contribution in [2.24, 2.45) is 0 Å². The van der Waals surface area contributed by atoms with Gasteiger partial charge in [0.2, 0.25) is 5.91 Å². The van der Waals surface area contributed by atoms with Crippen molar-refractivity contribution in [3.05, 3.63) is 35.9 Å². The molecule has 0 atom stereocenters. The summed E-state index contributed by atoms with van der Waals surface area (Å²) in [5.41, 5.74) is 1.19. The molecule has 0 unspecified atom stereocenters. The first kappa shape index (κ1) is 14.5. The fraction of sp³-hybridized carbons (Fsp3) is 0.588. The molecular formula is C17H24N2O2. The molecule has 0 radical (unpaired) electrons. The van der Waals surface area contributed by atoms with Gasteiger partial charge in [-0.25, -0.2) is 0 Å². The zero-order valence-electron chi connectivity index (χ0n) is 12.5. The lowest BCUT2D eigenvalue weighted by molar-refractivity contribution is -0.140. The minimum absolute atomic E-state index is 0.139. The summed E-state index contributed by atoms with van der Waals surface area (Å²) in [5, 5.41) is 3.31. The molecule has 114 valence electrons. The smallest absolute Gasteiger partial charge is 0.249 e. The molecule has 1 aliphatic heterocycles. The largest absolute Gasteiger partial charge is 0.368 e. The number of rotatable bonds is 6. The van der Waals surface area contributed by atoms with Crippen molar-refractivity contribution >= 4 is 5.91 Å². The van der Waals surface area contributed by atoms with Crippen LogP contribution in [0.1, 0.15) is 31.2 Å². The van der Waals surface area contributed by atoms with Gasteiger partial charge >= 0.3 is 0 Å². The van der Waals surface area contributed by atoms with Crippen LogP contribution < -0.4 is 5.32 Å². The van der Waals surface area contributed by atoms with Crippen molar-refractivity contribution in [3.63, 3.8) is 0 Å². The van der Waals surface area contributed by atoms with E-state index in [2.05, 4.69) is 17.4 Å². The van der Waals surface area contributed by atoms with E-state index in [0.29, 0.717) is 12.6 Å². The van der Waals surface area contributed by atoms with E-state index in [-0.39, 0.29) is 18.6 Å². The third-order valence-electron chi connectivity index (χ3n) is 4.23. The molecule has 1 saturated carbocycles. The van der Waals surface area contributed by atoms with Crippen molar-refractivity contribution in [1.82, 2.24) is 10.2 Å². The Bertz CT molecular complexity index is 453. The maximum atomic E-state index is 12.5. The van der Waals surface area contributed by atoms with Gasteiger partial charge in [0, 0.05) is 12.6 Å². The molecule has 21 heavy (non-hydrogen) atoms. The number of ether oxygens (including phenoxy) is 1. The van der Waals surface area contributed by atoms with E-state index in [4.69, 9.17) is 4.74 Å². The zero-order chi connectivity index (χ0) is 14.5. The molecule has 1 N–H and O–H groups in total. The number of benzene rings is 1. The quantitative estimate of drug-likeness (QED) is 0.870. The number of hydrogen-bond donors (Lipinski definition) is 1. The predicted octanol–water partition coefficient (Wildman–Crippen LogP) is 1.95. The molecule has 4 nitrogen and oxygen atoms in total. The monoisotopic (exact) mass is 288 g/mol. The number of hydrogen-bond acceptors (Lipinski definition) is 3. The van der Waals surface area contributed by atoms with Crippen LogP contribution in [0.3, 0.4) is 0 Å². The lowest BCUT2D eigenvalue weighted by Gasteiger charge is -2.26. The Labute approximate surface area is 126 Å². The molecule has 1 saturated heterocycles. The number of nitrogens with one attached hydrogen (secondary N) is 1. The van der Waals surface area contributed by atoms with Crippen LogP contribution in [0, 0.1) is 0 Å². The van der Waals surface area contributed by atoms with Crippen LogP contribution in [-0.4, -0.2) is 42.6 Å². The average Bonchev–Trinajstić information content (AvgIpc) is 3.37. The summed E-state index contributed by atoms with van der Waals surface area (Å²) in [6.45, 7) is 2.93. The molecule has 3 rings (SSSR count). The fourth-order valence-electron chi connectivity index (χ4n) is 2.82. The fourth-order valence-corrected chi connectivity index (χ4v) is 2.82. The van der Waals surface area contributed by atoms with E-state index >= 15 is 0 Å². The Morgan fingerprint density at radius 1 is 1.14 bits per heavy atom. The SMILES string of the molecule is O=C(COC1CCNCC1)N(Cc1ccccc1)C1CC1. The number of carbonyl (C=O) groups is 1. The van der Waals surface area contributed by atoms with Gasteiger partial charge in [-0.3, -0.25) is 4.79 Å². The van der Waals surface area contributed by atoms with E-state index in [9.17, 15) is 4.79 Å². The van der Waals surface area contributed by atoms with Crippen molar-refractivity contribution in [1.29, 1.82) is 0 Å². The summed E-state index contributed by atoms with van der Waals surface area (Å²) in [6.07, 6.45) is 4.52. The van der Waals surface area contributed by atoms with Crippen LogP contribution in [0.25, 0.3) is 0 Å². The Morgan fingerprint density at radius 3 is 2.52 bits per heavy atom. The minimum Gasteiger partial charge on any atom is -0.368 e.